The standard InChI is InChI=1S/C13H17ClOS/c1-13(2,3)12(11(15)9-14)16-10-7-5-4-6-8-10/h4-8,12H,9H2,1-3H3. The van der Waals surface area contributed by atoms with E-state index >= 15 is 0 Å². The topological polar surface area (TPSA) is 17.1 Å². The van der Waals surface area contributed by atoms with Crippen LogP contribution in [0.15, 0.2) is 35.2 Å². The van der Waals surface area contributed by atoms with E-state index in [0.29, 0.717) is 0 Å². The summed E-state index contributed by atoms with van der Waals surface area (Å²) in [5.41, 5.74) is -0.0769. The molecule has 1 aromatic carbocycles. The van der Waals surface area contributed by atoms with E-state index in [1.54, 1.807) is 11.8 Å². The lowest BCUT2D eigenvalue weighted by atomic mass is 9.90. The van der Waals surface area contributed by atoms with Crippen molar-refractivity contribution < 1.29 is 4.79 Å². The summed E-state index contributed by atoms with van der Waals surface area (Å²) in [5, 5.41) is -0.0904. The molecule has 1 nitrogen and oxygen atoms in total. The van der Waals surface area contributed by atoms with E-state index in [2.05, 4.69) is 20.8 Å². The number of Topliss-reactive ketones (excluding diaryl/α,β-unsaturated/α-hetero) is 1. The zero-order valence-electron chi connectivity index (χ0n) is 9.87. The van der Waals surface area contributed by atoms with Crippen molar-refractivity contribution in [1.82, 2.24) is 0 Å². The second kappa shape index (κ2) is 5.74. The Morgan fingerprint density at radius 3 is 2.31 bits per heavy atom. The molecule has 0 aliphatic heterocycles. The third-order valence-electron chi connectivity index (χ3n) is 2.21. The number of hydrogen-bond acceptors (Lipinski definition) is 2. The summed E-state index contributed by atoms with van der Waals surface area (Å²) in [6, 6.07) is 9.97. The van der Waals surface area contributed by atoms with E-state index in [1.807, 2.05) is 30.3 Å². The molecule has 0 radical (unpaired) electrons. The Bertz CT molecular complexity index is 343. The summed E-state index contributed by atoms with van der Waals surface area (Å²) in [7, 11) is 0. The molecule has 16 heavy (non-hydrogen) atoms. The van der Waals surface area contributed by atoms with E-state index < -0.39 is 0 Å². The predicted molar refractivity (Wildman–Crippen MR) is 71.3 cm³/mol. The van der Waals surface area contributed by atoms with E-state index in [4.69, 9.17) is 11.6 Å². The van der Waals surface area contributed by atoms with Gasteiger partial charge in [-0.25, -0.2) is 0 Å². The summed E-state index contributed by atoms with van der Waals surface area (Å²) in [5.74, 6) is 0.185. The number of hydrogen-bond donors (Lipinski definition) is 0. The molecule has 3 heteroatoms. The lowest BCUT2D eigenvalue weighted by Crippen LogP contribution is -2.32. The van der Waals surface area contributed by atoms with Crippen LogP contribution in [0.2, 0.25) is 0 Å². The quantitative estimate of drug-likeness (QED) is 0.598. The SMILES string of the molecule is CC(C)(C)C(Sc1ccccc1)C(=O)CCl. The minimum Gasteiger partial charge on any atom is -0.297 e. The molecule has 0 amide bonds. The lowest BCUT2D eigenvalue weighted by Gasteiger charge is -2.28. The number of benzene rings is 1. The van der Waals surface area contributed by atoms with Gasteiger partial charge in [0.25, 0.3) is 0 Å². The van der Waals surface area contributed by atoms with Crippen LogP contribution in [-0.4, -0.2) is 16.9 Å². The minimum absolute atomic E-state index is 0.0769. The van der Waals surface area contributed by atoms with Crippen LogP contribution >= 0.6 is 23.4 Å². The van der Waals surface area contributed by atoms with E-state index in [9.17, 15) is 4.79 Å². The van der Waals surface area contributed by atoms with Crippen molar-refractivity contribution in [1.29, 1.82) is 0 Å². The molecule has 88 valence electrons. The first-order valence-corrected chi connectivity index (χ1v) is 6.67. The third kappa shape index (κ3) is 3.84. The maximum Gasteiger partial charge on any atom is 0.161 e. The van der Waals surface area contributed by atoms with E-state index in [1.165, 1.54) is 0 Å². The summed E-state index contributed by atoms with van der Waals surface area (Å²) in [6.45, 7) is 6.20. The molecule has 0 aliphatic rings. The number of ketones is 1. The molecular formula is C13H17ClOS. The first-order chi connectivity index (χ1) is 7.45. The monoisotopic (exact) mass is 256 g/mol. The average Bonchev–Trinajstić information content (AvgIpc) is 2.25. The van der Waals surface area contributed by atoms with Crippen LogP contribution in [0, 0.1) is 5.41 Å². The molecular weight excluding hydrogens is 240 g/mol. The van der Waals surface area contributed by atoms with E-state index in [0.717, 1.165) is 4.90 Å². The fourth-order valence-corrected chi connectivity index (χ4v) is 2.83. The summed E-state index contributed by atoms with van der Waals surface area (Å²) in [4.78, 5) is 12.9. The van der Waals surface area contributed by atoms with Crippen LogP contribution in [-0.2, 0) is 4.79 Å². The van der Waals surface area contributed by atoms with Crippen molar-refractivity contribution in [2.24, 2.45) is 5.41 Å². The van der Waals surface area contributed by atoms with Crippen LogP contribution in [0.25, 0.3) is 0 Å². The van der Waals surface area contributed by atoms with Gasteiger partial charge in [-0.15, -0.1) is 23.4 Å². The first kappa shape index (κ1) is 13.6. The maximum absolute atomic E-state index is 11.8. The molecule has 1 aromatic rings. The minimum atomic E-state index is -0.0904. The molecule has 0 saturated heterocycles. The highest BCUT2D eigenvalue weighted by Crippen LogP contribution is 2.35. The number of alkyl halides is 1. The maximum atomic E-state index is 11.8. The molecule has 1 unspecified atom stereocenters. The van der Waals surface area contributed by atoms with Gasteiger partial charge in [-0.3, -0.25) is 4.79 Å². The van der Waals surface area contributed by atoms with Gasteiger partial charge in [0, 0.05) is 4.90 Å². The molecule has 0 saturated carbocycles. The molecule has 0 N–H and O–H groups in total. The number of halogens is 1. The van der Waals surface area contributed by atoms with Gasteiger partial charge in [0.05, 0.1) is 11.1 Å². The molecule has 0 fully saturated rings. The largest absolute Gasteiger partial charge is 0.297 e. The van der Waals surface area contributed by atoms with Crippen LogP contribution in [0.1, 0.15) is 20.8 Å². The Balaban J connectivity index is 2.84. The highest BCUT2D eigenvalue weighted by molar-refractivity contribution is 8.00. The molecule has 0 aromatic heterocycles. The Kier molecular flexibility index (Phi) is 4.88. The highest BCUT2D eigenvalue weighted by atomic mass is 35.5. The average molecular weight is 257 g/mol. The third-order valence-corrected chi connectivity index (χ3v) is 4.22. The molecule has 0 aliphatic carbocycles. The van der Waals surface area contributed by atoms with Crippen LogP contribution in [0.3, 0.4) is 0 Å². The molecule has 0 heterocycles. The van der Waals surface area contributed by atoms with Crippen LogP contribution in [0.4, 0.5) is 0 Å². The lowest BCUT2D eigenvalue weighted by molar-refractivity contribution is -0.117. The van der Waals surface area contributed by atoms with Gasteiger partial charge in [-0.2, -0.15) is 0 Å². The Morgan fingerprint density at radius 1 is 1.31 bits per heavy atom. The van der Waals surface area contributed by atoms with Crippen molar-refractivity contribution in [2.75, 3.05) is 5.88 Å². The Morgan fingerprint density at radius 2 is 1.88 bits per heavy atom. The van der Waals surface area contributed by atoms with Gasteiger partial charge in [-0.05, 0) is 17.5 Å². The van der Waals surface area contributed by atoms with Gasteiger partial charge in [0.2, 0.25) is 0 Å². The van der Waals surface area contributed by atoms with Crippen molar-refractivity contribution in [2.45, 2.75) is 30.9 Å². The number of thioether (sulfide) groups is 1. The summed E-state index contributed by atoms with van der Waals surface area (Å²) in [6.07, 6.45) is 0. The molecule has 1 atom stereocenters. The summed E-state index contributed by atoms with van der Waals surface area (Å²) >= 11 is 7.25. The first-order valence-electron chi connectivity index (χ1n) is 5.25. The predicted octanol–water partition coefficient (Wildman–Crippen LogP) is 4.00. The summed E-state index contributed by atoms with van der Waals surface area (Å²) < 4.78 is 0. The smallest absolute Gasteiger partial charge is 0.161 e. The number of rotatable bonds is 4. The van der Waals surface area contributed by atoms with Crippen LogP contribution < -0.4 is 0 Å². The van der Waals surface area contributed by atoms with Crippen molar-refractivity contribution in [3.8, 4) is 0 Å². The fraction of sp³-hybridized carbons (Fsp3) is 0.462. The van der Waals surface area contributed by atoms with Crippen molar-refractivity contribution in [3.63, 3.8) is 0 Å². The van der Waals surface area contributed by atoms with Crippen molar-refractivity contribution >= 4 is 29.1 Å². The van der Waals surface area contributed by atoms with Crippen molar-refractivity contribution in [3.05, 3.63) is 30.3 Å². The van der Waals surface area contributed by atoms with Gasteiger partial charge in [0.1, 0.15) is 0 Å². The van der Waals surface area contributed by atoms with Gasteiger partial charge < -0.3 is 0 Å². The second-order valence-electron chi connectivity index (χ2n) is 4.78. The number of carbonyl (C=O) groups is 1. The van der Waals surface area contributed by atoms with Crippen LogP contribution in [0.5, 0.6) is 0 Å². The fourth-order valence-electron chi connectivity index (χ4n) is 1.43. The Labute approximate surface area is 107 Å². The van der Waals surface area contributed by atoms with Gasteiger partial charge >= 0.3 is 0 Å². The van der Waals surface area contributed by atoms with Gasteiger partial charge in [0.15, 0.2) is 5.78 Å². The zero-order valence-corrected chi connectivity index (χ0v) is 11.4. The second-order valence-corrected chi connectivity index (χ2v) is 6.22. The van der Waals surface area contributed by atoms with E-state index in [-0.39, 0.29) is 22.3 Å². The molecule has 0 bridgehead atoms. The Hall–Kier alpha value is -0.470. The zero-order chi connectivity index (χ0) is 12.2. The number of carbonyl (C=O) groups excluding carboxylic acids is 1. The normalized spacial score (nSPS) is 13.5. The highest BCUT2D eigenvalue weighted by Gasteiger charge is 2.31. The molecule has 1 rings (SSSR count). The molecule has 0 spiro atoms. The van der Waals surface area contributed by atoms with Gasteiger partial charge in [-0.1, -0.05) is 39.0 Å².